The summed E-state index contributed by atoms with van der Waals surface area (Å²) in [7, 11) is 0. The Morgan fingerprint density at radius 2 is 2.00 bits per heavy atom. The third-order valence-corrected chi connectivity index (χ3v) is 3.13. The summed E-state index contributed by atoms with van der Waals surface area (Å²) in [4.78, 5) is 16.0. The van der Waals surface area contributed by atoms with E-state index in [1.54, 1.807) is 0 Å². The van der Waals surface area contributed by atoms with Crippen molar-refractivity contribution in [3.63, 3.8) is 0 Å². The monoisotopic (exact) mass is 243 g/mol. The summed E-state index contributed by atoms with van der Waals surface area (Å²) in [6.45, 7) is 10.1. The molecule has 1 fully saturated rings. The number of piperazine rings is 1. The van der Waals surface area contributed by atoms with E-state index < -0.39 is 0 Å². The molecule has 5 heteroatoms. The second-order valence-electron chi connectivity index (χ2n) is 4.66. The van der Waals surface area contributed by atoms with E-state index in [-0.39, 0.29) is 12.5 Å². The van der Waals surface area contributed by atoms with Crippen LogP contribution in [0.25, 0.3) is 0 Å². The Bertz CT molecular complexity index is 228. The minimum atomic E-state index is 0.110. The minimum Gasteiger partial charge on any atom is -0.372 e. The summed E-state index contributed by atoms with van der Waals surface area (Å²) in [5, 5.41) is 0. The topological polar surface area (TPSA) is 58.8 Å². The van der Waals surface area contributed by atoms with E-state index >= 15 is 0 Å². The van der Waals surface area contributed by atoms with Gasteiger partial charge in [-0.05, 0) is 19.4 Å². The second-order valence-corrected chi connectivity index (χ2v) is 4.66. The van der Waals surface area contributed by atoms with Crippen LogP contribution in [0.2, 0.25) is 0 Å². The van der Waals surface area contributed by atoms with Crippen LogP contribution >= 0.6 is 0 Å². The molecule has 5 nitrogen and oxygen atoms in total. The maximum atomic E-state index is 11.7. The van der Waals surface area contributed by atoms with Crippen molar-refractivity contribution in [1.82, 2.24) is 9.80 Å². The number of hydrogen-bond acceptors (Lipinski definition) is 4. The maximum absolute atomic E-state index is 11.7. The van der Waals surface area contributed by atoms with Crippen LogP contribution in [0.4, 0.5) is 0 Å². The molecule has 0 aliphatic carbocycles. The fraction of sp³-hybridized carbons (Fsp3) is 0.917. The largest absolute Gasteiger partial charge is 0.372 e. The van der Waals surface area contributed by atoms with Gasteiger partial charge in [0.1, 0.15) is 6.61 Å². The molecule has 1 aliphatic heterocycles. The molecule has 1 aliphatic rings. The highest BCUT2D eigenvalue weighted by Crippen LogP contribution is 2.05. The normalized spacial score (nSPS) is 19.4. The zero-order chi connectivity index (χ0) is 12.7. The fourth-order valence-corrected chi connectivity index (χ4v) is 1.98. The van der Waals surface area contributed by atoms with Crippen molar-refractivity contribution < 1.29 is 9.53 Å². The lowest BCUT2D eigenvalue weighted by Gasteiger charge is -2.35. The zero-order valence-corrected chi connectivity index (χ0v) is 11.0. The van der Waals surface area contributed by atoms with Gasteiger partial charge in [-0.2, -0.15) is 0 Å². The van der Waals surface area contributed by atoms with Crippen LogP contribution in [0.1, 0.15) is 13.8 Å². The van der Waals surface area contributed by atoms with Gasteiger partial charge in [0.2, 0.25) is 5.91 Å². The predicted octanol–water partition coefficient (Wildman–Crippen LogP) is -0.238. The van der Waals surface area contributed by atoms with Gasteiger partial charge < -0.3 is 15.4 Å². The van der Waals surface area contributed by atoms with Crippen molar-refractivity contribution in [1.29, 1.82) is 0 Å². The Morgan fingerprint density at radius 1 is 1.35 bits per heavy atom. The quantitative estimate of drug-likeness (QED) is 0.699. The van der Waals surface area contributed by atoms with E-state index in [9.17, 15) is 4.79 Å². The summed E-state index contributed by atoms with van der Waals surface area (Å²) >= 11 is 0. The standard InChI is InChI=1S/C12H25N3O2/c1-3-17-10-12(16)15-6-4-14(5-7-15)9-11(2)8-13/h11H,3-10,13H2,1-2H3. The summed E-state index contributed by atoms with van der Waals surface area (Å²) in [5.41, 5.74) is 5.61. The second kappa shape index (κ2) is 7.63. The highest BCUT2D eigenvalue weighted by molar-refractivity contribution is 5.77. The van der Waals surface area contributed by atoms with Crippen molar-refractivity contribution in [3.8, 4) is 0 Å². The smallest absolute Gasteiger partial charge is 0.248 e. The Morgan fingerprint density at radius 3 is 2.53 bits per heavy atom. The van der Waals surface area contributed by atoms with Crippen LogP contribution in [0.3, 0.4) is 0 Å². The van der Waals surface area contributed by atoms with Crippen molar-refractivity contribution >= 4 is 5.91 Å². The van der Waals surface area contributed by atoms with Gasteiger partial charge in [-0.3, -0.25) is 9.69 Å². The van der Waals surface area contributed by atoms with E-state index in [0.29, 0.717) is 12.5 Å². The number of carbonyl (C=O) groups excluding carboxylic acids is 1. The Hall–Kier alpha value is -0.650. The summed E-state index contributed by atoms with van der Waals surface area (Å²) in [6.07, 6.45) is 0. The molecule has 17 heavy (non-hydrogen) atoms. The minimum absolute atomic E-state index is 0.110. The van der Waals surface area contributed by atoms with Crippen molar-refractivity contribution in [3.05, 3.63) is 0 Å². The van der Waals surface area contributed by atoms with Gasteiger partial charge in [-0.1, -0.05) is 6.92 Å². The van der Waals surface area contributed by atoms with Crippen LogP contribution in [0, 0.1) is 5.92 Å². The first-order chi connectivity index (χ1) is 8.17. The van der Waals surface area contributed by atoms with E-state index in [2.05, 4.69) is 11.8 Å². The molecule has 1 saturated heterocycles. The molecule has 0 saturated carbocycles. The lowest BCUT2D eigenvalue weighted by atomic mass is 10.1. The Kier molecular flexibility index (Phi) is 6.47. The van der Waals surface area contributed by atoms with Crippen LogP contribution in [0.5, 0.6) is 0 Å². The SMILES string of the molecule is CCOCC(=O)N1CCN(CC(C)CN)CC1. The lowest BCUT2D eigenvalue weighted by molar-refractivity contribution is -0.137. The fourth-order valence-electron chi connectivity index (χ4n) is 1.98. The molecule has 100 valence electrons. The molecule has 0 aromatic heterocycles. The maximum Gasteiger partial charge on any atom is 0.248 e. The summed E-state index contributed by atoms with van der Waals surface area (Å²) in [5.74, 6) is 0.638. The molecule has 1 rings (SSSR count). The number of amides is 1. The molecule has 1 amide bonds. The number of nitrogens with zero attached hydrogens (tertiary/aromatic N) is 2. The molecule has 1 unspecified atom stereocenters. The van der Waals surface area contributed by atoms with E-state index in [4.69, 9.17) is 10.5 Å². The highest BCUT2D eigenvalue weighted by Gasteiger charge is 2.21. The van der Waals surface area contributed by atoms with Crippen LogP contribution in [0.15, 0.2) is 0 Å². The molecule has 0 spiro atoms. The van der Waals surface area contributed by atoms with Gasteiger partial charge in [0.15, 0.2) is 0 Å². The molecule has 0 bridgehead atoms. The van der Waals surface area contributed by atoms with E-state index in [0.717, 1.165) is 39.3 Å². The molecule has 0 aromatic rings. The number of nitrogens with two attached hydrogens (primary N) is 1. The average molecular weight is 243 g/mol. The number of carbonyl (C=O) groups is 1. The van der Waals surface area contributed by atoms with Gasteiger partial charge in [-0.25, -0.2) is 0 Å². The van der Waals surface area contributed by atoms with Crippen molar-refractivity contribution in [2.24, 2.45) is 11.7 Å². The van der Waals surface area contributed by atoms with E-state index in [1.165, 1.54) is 0 Å². The molecule has 0 radical (unpaired) electrons. The molecule has 1 atom stereocenters. The zero-order valence-electron chi connectivity index (χ0n) is 11.0. The number of hydrogen-bond donors (Lipinski definition) is 1. The highest BCUT2D eigenvalue weighted by atomic mass is 16.5. The third kappa shape index (κ3) is 5.02. The summed E-state index contributed by atoms with van der Waals surface area (Å²) in [6, 6.07) is 0. The van der Waals surface area contributed by atoms with Crippen molar-refractivity contribution in [2.45, 2.75) is 13.8 Å². The first-order valence-electron chi connectivity index (χ1n) is 6.45. The van der Waals surface area contributed by atoms with Crippen LogP contribution in [-0.2, 0) is 9.53 Å². The summed E-state index contributed by atoms with van der Waals surface area (Å²) < 4.78 is 5.14. The Balaban J connectivity index is 2.23. The van der Waals surface area contributed by atoms with E-state index in [1.807, 2.05) is 11.8 Å². The number of ether oxygens (including phenoxy) is 1. The van der Waals surface area contributed by atoms with Gasteiger partial charge in [0, 0.05) is 39.3 Å². The molecule has 2 N–H and O–H groups in total. The third-order valence-electron chi connectivity index (χ3n) is 3.13. The van der Waals surface area contributed by atoms with Gasteiger partial charge >= 0.3 is 0 Å². The molecule has 1 heterocycles. The van der Waals surface area contributed by atoms with Gasteiger partial charge in [0.05, 0.1) is 0 Å². The van der Waals surface area contributed by atoms with Gasteiger partial charge in [0.25, 0.3) is 0 Å². The predicted molar refractivity (Wildman–Crippen MR) is 67.7 cm³/mol. The molecular formula is C12H25N3O2. The Labute approximate surface area is 104 Å². The van der Waals surface area contributed by atoms with Crippen LogP contribution < -0.4 is 5.73 Å². The van der Waals surface area contributed by atoms with Crippen molar-refractivity contribution in [2.75, 3.05) is 52.5 Å². The first-order valence-corrected chi connectivity index (χ1v) is 6.45. The molecule has 0 aromatic carbocycles. The van der Waals surface area contributed by atoms with Crippen LogP contribution in [-0.4, -0.2) is 68.2 Å². The van der Waals surface area contributed by atoms with Gasteiger partial charge in [-0.15, -0.1) is 0 Å². The first kappa shape index (κ1) is 14.4. The molecular weight excluding hydrogens is 218 g/mol. The number of rotatable bonds is 6. The lowest BCUT2D eigenvalue weighted by Crippen LogP contribution is -2.50. The average Bonchev–Trinajstić information content (AvgIpc) is 2.36.